The van der Waals surface area contributed by atoms with Gasteiger partial charge in [0, 0.05) is 12.4 Å². The third kappa shape index (κ3) is 0.923. The van der Waals surface area contributed by atoms with E-state index < -0.39 is 0 Å². The molecule has 0 N–H and O–H groups in total. The van der Waals surface area contributed by atoms with Crippen LogP contribution < -0.4 is 0 Å². The summed E-state index contributed by atoms with van der Waals surface area (Å²) in [5.74, 6) is 0. The zero-order chi connectivity index (χ0) is 7.68. The second kappa shape index (κ2) is 2.23. The van der Waals surface area contributed by atoms with E-state index in [1.54, 1.807) is 6.08 Å². The van der Waals surface area contributed by atoms with Crippen LogP contribution in [0, 0.1) is 0 Å². The third-order valence-electron chi connectivity index (χ3n) is 1.59. The van der Waals surface area contributed by atoms with Gasteiger partial charge in [0.05, 0.1) is 5.69 Å². The highest BCUT2D eigenvalue weighted by Gasteiger charge is 1.93. The van der Waals surface area contributed by atoms with Crippen molar-refractivity contribution in [3.63, 3.8) is 0 Å². The lowest BCUT2D eigenvalue weighted by Crippen LogP contribution is -1.77. The molecule has 0 bridgehead atoms. The zero-order valence-electron chi connectivity index (χ0n) is 6.07. The fourth-order valence-electron chi connectivity index (χ4n) is 1.05. The molecule has 2 aromatic heterocycles. The van der Waals surface area contributed by atoms with E-state index in [0.717, 1.165) is 11.3 Å². The SMILES string of the molecule is C=Cc1cn2ccccc2n1. The van der Waals surface area contributed by atoms with Crippen molar-refractivity contribution in [3.05, 3.63) is 42.9 Å². The van der Waals surface area contributed by atoms with Crippen molar-refractivity contribution in [3.8, 4) is 0 Å². The Kier molecular flexibility index (Phi) is 1.25. The van der Waals surface area contributed by atoms with Crippen LogP contribution in [0.25, 0.3) is 11.7 Å². The molecular formula is C9H8N2. The Hall–Kier alpha value is -1.57. The van der Waals surface area contributed by atoms with Crippen molar-refractivity contribution in [2.24, 2.45) is 0 Å². The Morgan fingerprint density at radius 1 is 1.45 bits per heavy atom. The molecule has 0 atom stereocenters. The van der Waals surface area contributed by atoms with Crippen molar-refractivity contribution in [1.82, 2.24) is 9.38 Å². The first-order valence-electron chi connectivity index (χ1n) is 3.46. The number of fused-ring (bicyclic) bond motifs is 1. The first-order chi connectivity index (χ1) is 5.40. The Morgan fingerprint density at radius 2 is 2.36 bits per heavy atom. The van der Waals surface area contributed by atoms with Crippen LogP contribution >= 0.6 is 0 Å². The molecule has 0 amide bonds. The summed E-state index contributed by atoms with van der Waals surface area (Å²) in [6, 6.07) is 5.91. The van der Waals surface area contributed by atoms with Gasteiger partial charge < -0.3 is 4.40 Å². The molecule has 11 heavy (non-hydrogen) atoms. The summed E-state index contributed by atoms with van der Waals surface area (Å²) in [6.45, 7) is 3.65. The van der Waals surface area contributed by atoms with Gasteiger partial charge in [-0.1, -0.05) is 12.6 Å². The van der Waals surface area contributed by atoms with Gasteiger partial charge in [0.15, 0.2) is 0 Å². The molecule has 0 aliphatic heterocycles. The van der Waals surface area contributed by atoms with E-state index in [-0.39, 0.29) is 0 Å². The summed E-state index contributed by atoms with van der Waals surface area (Å²) in [7, 11) is 0. The maximum absolute atomic E-state index is 4.28. The normalized spacial score (nSPS) is 10.2. The van der Waals surface area contributed by atoms with Crippen molar-refractivity contribution in [1.29, 1.82) is 0 Å². The highest BCUT2D eigenvalue weighted by Crippen LogP contribution is 2.04. The van der Waals surface area contributed by atoms with Gasteiger partial charge in [0.1, 0.15) is 5.65 Å². The van der Waals surface area contributed by atoms with Crippen molar-refractivity contribution >= 4 is 11.7 Å². The van der Waals surface area contributed by atoms with Gasteiger partial charge in [0.2, 0.25) is 0 Å². The number of nitrogens with zero attached hydrogens (tertiary/aromatic N) is 2. The quantitative estimate of drug-likeness (QED) is 0.598. The molecule has 0 aliphatic carbocycles. The molecule has 0 aromatic carbocycles. The second-order valence-electron chi connectivity index (χ2n) is 2.34. The molecule has 54 valence electrons. The number of pyridine rings is 1. The summed E-state index contributed by atoms with van der Waals surface area (Å²) >= 11 is 0. The van der Waals surface area contributed by atoms with Crippen LogP contribution in [0.3, 0.4) is 0 Å². The zero-order valence-corrected chi connectivity index (χ0v) is 6.07. The average Bonchev–Trinajstić information content (AvgIpc) is 2.46. The number of rotatable bonds is 1. The predicted molar refractivity (Wildman–Crippen MR) is 45.3 cm³/mol. The van der Waals surface area contributed by atoms with E-state index >= 15 is 0 Å². The van der Waals surface area contributed by atoms with Gasteiger partial charge in [-0.15, -0.1) is 0 Å². The van der Waals surface area contributed by atoms with Crippen LogP contribution in [-0.4, -0.2) is 9.38 Å². The van der Waals surface area contributed by atoms with Crippen molar-refractivity contribution < 1.29 is 0 Å². The first-order valence-corrected chi connectivity index (χ1v) is 3.46. The van der Waals surface area contributed by atoms with Gasteiger partial charge in [0.25, 0.3) is 0 Å². The van der Waals surface area contributed by atoms with Gasteiger partial charge in [-0.25, -0.2) is 4.98 Å². The smallest absolute Gasteiger partial charge is 0.137 e. The topological polar surface area (TPSA) is 17.3 Å². The molecule has 0 saturated heterocycles. The summed E-state index contributed by atoms with van der Waals surface area (Å²) < 4.78 is 1.97. The average molecular weight is 144 g/mol. The molecule has 0 spiro atoms. The summed E-state index contributed by atoms with van der Waals surface area (Å²) in [6.07, 6.45) is 5.66. The second-order valence-corrected chi connectivity index (χ2v) is 2.34. The maximum Gasteiger partial charge on any atom is 0.137 e. The minimum atomic E-state index is 0.913. The monoisotopic (exact) mass is 144 g/mol. The van der Waals surface area contributed by atoms with Crippen molar-refractivity contribution in [2.75, 3.05) is 0 Å². The molecule has 0 fully saturated rings. The molecule has 2 nitrogen and oxygen atoms in total. The van der Waals surface area contributed by atoms with Crippen LogP contribution in [0.1, 0.15) is 5.69 Å². The number of imidazole rings is 1. The molecule has 0 radical (unpaired) electrons. The van der Waals surface area contributed by atoms with Crippen LogP contribution in [0.5, 0.6) is 0 Å². The van der Waals surface area contributed by atoms with Gasteiger partial charge in [-0.2, -0.15) is 0 Å². The Morgan fingerprint density at radius 3 is 3.09 bits per heavy atom. The molecule has 2 heterocycles. The lowest BCUT2D eigenvalue weighted by Gasteiger charge is -1.86. The molecule has 2 aromatic rings. The minimum Gasteiger partial charge on any atom is -0.306 e. The fraction of sp³-hybridized carbons (Fsp3) is 0. The molecule has 2 rings (SSSR count). The van der Waals surface area contributed by atoms with Crippen molar-refractivity contribution in [2.45, 2.75) is 0 Å². The number of aromatic nitrogens is 2. The molecule has 0 saturated carbocycles. The fourth-order valence-corrected chi connectivity index (χ4v) is 1.05. The van der Waals surface area contributed by atoms with E-state index in [1.165, 1.54) is 0 Å². The minimum absolute atomic E-state index is 0.913. The van der Waals surface area contributed by atoms with Gasteiger partial charge >= 0.3 is 0 Å². The molecular weight excluding hydrogens is 136 g/mol. The van der Waals surface area contributed by atoms with Crippen LogP contribution in [-0.2, 0) is 0 Å². The molecule has 0 aliphatic rings. The van der Waals surface area contributed by atoms with E-state index in [2.05, 4.69) is 11.6 Å². The van der Waals surface area contributed by atoms with E-state index in [0.29, 0.717) is 0 Å². The number of hydrogen-bond acceptors (Lipinski definition) is 1. The third-order valence-corrected chi connectivity index (χ3v) is 1.59. The van der Waals surface area contributed by atoms with E-state index in [1.807, 2.05) is 35.0 Å². The first kappa shape index (κ1) is 6.16. The maximum atomic E-state index is 4.28. The summed E-state index contributed by atoms with van der Waals surface area (Å²) in [5.41, 5.74) is 1.87. The Balaban J connectivity index is 2.78. The van der Waals surface area contributed by atoms with Crippen LogP contribution in [0.4, 0.5) is 0 Å². The van der Waals surface area contributed by atoms with Gasteiger partial charge in [-0.05, 0) is 18.2 Å². The van der Waals surface area contributed by atoms with E-state index in [9.17, 15) is 0 Å². The predicted octanol–water partition coefficient (Wildman–Crippen LogP) is 1.98. The summed E-state index contributed by atoms with van der Waals surface area (Å²) in [4.78, 5) is 4.28. The van der Waals surface area contributed by atoms with E-state index in [4.69, 9.17) is 0 Å². The lowest BCUT2D eigenvalue weighted by atomic mass is 10.5. The standard InChI is InChI=1S/C9H8N2/c1-2-8-7-11-6-4-3-5-9(11)10-8/h2-7H,1H2. The van der Waals surface area contributed by atoms with Gasteiger partial charge in [-0.3, -0.25) is 0 Å². The largest absolute Gasteiger partial charge is 0.306 e. The summed E-state index contributed by atoms with van der Waals surface area (Å²) in [5, 5.41) is 0. The Bertz CT molecular complexity index is 354. The molecule has 0 unspecified atom stereocenters. The highest BCUT2D eigenvalue weighted by molar-refractivity contribution is 5.49. The van der Waals surface area contributed by atoms with Crippen LogP contribution in [0.2, 0.25) is 0 Å². The Labute approximate surface area is 64.8 Å². The van der Waals surface area contributed by atoms with Crippen LogP contribution in [0.15, 0.2) is 37.2 Å². The number of hydrogen-bond donors (Lipinski definition) is 0. The lowest BCUT2D eigenvalue weighted by molar-refractivity contribution is 1.19. The highest BCUT2D eigenvalue weighted by atomic mass is 15.0. The molecule has 2 heteroatoms.